The number of aromatic amines is 1. The van der Waals surface area contributed by atoms with Crippen molar-refractivity contribution in [2.75, 3.05) is 6.54 Å². The summed E-state index contributed by atoms with van der Waals surface area (Å²) < 4.78 is 0. The maximum absolute atomic E-state index is 5.58. The van der Waals surface area contributed by atoms with Crippen molar-refractivity contribution in [2.24, 2.45) is 5.73 Å². The minimum atomic E-state index is 0.355. The first-order chi connectivity index (χ1) is 6.31. The molecule has 13 heavy (non-hydrogen) atoms. The number of hydrogen-bond acceptors (Lipinski definition) is 2. The smallest absolute Gasteiger partial charge is 0.110 e. The van der Waals surface area contributed by atoms with Crippen LogP contribution in [0.25, 0.3) is 0 Å². The van der Waals surface area contributed by atoms with Gasteiger partial charge in [0.05, 0.1) is 0 Å². The van der Waals surface area contributed by atoms with Gasteiger partial charge in [0.25, 0.3) is 0 Å². The van der Waals surface area contributed by atoms with Crippen molar-refractivity contribution in [3.8, 4) is 0 Å². The molecule has 2 rings (SSSR count). The molecule has 1 aromatic rings. The van der Waals surface area contributed by atoms with Gasteiger partial charge in [-0.1, -0.05) is 13.3 Å². The topological polar surface area (TPSA) is 54.7 Å². The van der Waals surface area contributed by atoms with E-state index >= 15 is 0 Å². The number of H-pyrrole nitrogens is 1. The highest BCUT2D eigenvalue weighted by atomic mass is 14.9. The van der Waals surface area contributed by atoms with Crippen LogP contribution in [0.2, 0.25) is 0 Å². The van der Waals surface area contributed by atoms with E-state index in [4.69, 9.17) is 5.73 Å². The Balaban J connectivity index is 2.08. The Kier molecular flexibility index (Phi) is 2.36. The predicted octanol–water partition coefficient (Wildman–Crippen LogP) is 1.74. The molecule has 1 fully saturated rings. The van der Waals surface area contributed by atoms with E-state index in [1.54, 1.807) is 0 Å². The van der Waals surface area contributed by atoms with Gasteiger partial charge < -0.3 is 10.7 Å². The minimum absolute atomic E-state index is 0.355. The van der Waals surface area contributed by atoms with Crippen molar-refractivity contribution in [3.05, 3.63) is 17.7 Å². The molecule has 0 amide bonds. The van der Waals surface area contributed by atoms with E-state index in [9.17, 15) is 0 Å². The predicted molar refractivity (Wildman–Crippen MR) is 52.6 cm³/mol. The lowest BCUT2D eigenvalue weighted by atomic mass is 9.83. The van der Waals surface area contributed by atoms with E-state index in [1.165, 1.54) is 25.0 Å². The fourth-order valence-corrected chi connectivity index (χ4v) is 1.64. The fourth-order valence-electron chi connectivity index (χ4n) is 1.64. The first-order valence-electron chi connectivity index (χ1n) is 5.06. The second-order valence-corrected chi connectivity index (χ2v) is 3.99. The normalized spacial score (nSPS) is 19.8. The highest BCUT2D eigenvalue weighted by Crippen LogP contribution is 2.35. The van der Waals surface area contributed by atoms with E-state index in [1.807, 2.05) is 6.20 Å². The summed E-state index contributed by atoms with van der Waals surface area (Å²) in [4.78, 5) is 7.73. The van der Waals surface area contributed by atoms with Crippen LogP contribution in [-0.4, -0.2) is 16.5 Å². The number of aromatic nitrogens is 2. The Morgan fingerprint density at radius 3 is 3.00 bits per heavy atom. The summed E-state index contributed by atoms with van der Waals surface area (Å²) >= 11 is 0. The third-order valence-electron chi connectivity index (χ3n) is 2.98. The molecule has 0 aliphatic heterocycles. The Morgan fingerprint density at radius 2 is 2.46 bits per heavy atom. The van der Waals surface area contributed by atoms with E-state index in [0.29, 0.717) is 12.5 Å². The van der Waals surface area contributed by atoms with Gasteiger partial charge in [-0.2, -0.15) is 0 Å². The molecule has 0 spiro atoms. The molecule has 0 radical (unpaired) electrons. The first-order valence-corrected chi connectivity index (χ1v) is 5.06. The average molecular weight is 179 g/mol. The standard InChI is InChI=1S/C10H17N3/c1-7(5-11)10-12-6-9(13-10)8-3-2-4-8/h6-8H,2-5,11H2,1H3,(H,12,13). The van der Waals surface area contributed by atoms with Gasteiger partial charge in [-0.25, -0.2) is 4.98 Å². The molecule has 1 atom stereocenters. The van der Waals surface area contributed by atoms with E-state index in [0.717, 1.165) is 11.7 Å². The van der Waals surface area contributed by atoms with E-state index < -0.39 is 0 Å². The first kappa shape index (κ1) is 8.75. The van der Waals surface area contributed by atoms with Crippen LogP contribution in [0.1, 0.15) is 49.5 Å². The van der Waals surface area contributed by atoms with Gasteiger partial charge in [0.2, 0.25) is 0 Å². The lowest BCUT2D eigenvalue weighted by Gasteiger charge is -2.23. The highest BCUT2D eigenvalue weighted by molar-refractivity contribution is 5.12. The van der Waals surface area contributed by atoms with Crippen molar-refractivity contribution in [3.63, 3.8) is 0 Å². The maximum Gasteiger partial charge on any atom is 0.110 e. The van der Waals surface area contributed by atoms with E-state index in [2.05, 4.69) is 16.9 Å². The third-order valence-corrected chi connectivity index (χ3v) is 2.98. The molecule has 72 valence electrons. The van der Waals surface area contributed by atoms with Crippen molar-refractivity contribution >= 4 is 0 Å². The maximum atomic E-state index is 5.58. The van der Waals surface area contributed by atoms with Crippen LogP contribution in [0.3, 0.4) is 0 Å². The number of rotatable bonds is 3. The zero-order valence-electron chi connectivity index (χ0n) is 8.09. The zero-order valence-corrected chi connectivity index (χ0v) is 8.09. The molecule has 0 saturated heterocycles. The second kappa shape index (κ2) is 3.50. The summed E-state index contributed by atoms with van der Waals surface area (Å²) in [5.41, 5.74) is 6.88. The zero-order chi connectivity index (χ0) is 9.26. The number of nitrogens with one attached hydrogen (secondary N) is 1. The molecule has 0 bridgehead atoms. The van der Waals surface area contributed by atoms with Crippen LogP contribution in [0.4, 0.5) is 0 Å². The molecular weight excluding hydrogens is 162 g/mol. The van der Waals surface area contributed by atoms with Crippen molar-refractivity contribution < 1.29 is 0 Å². The number of nitrogens with zero attached hydrogens (tertiary/aromatic N) is 1. The average Bonchev–Trinajstić information content (AvgIpc) is 2.49. The molecule has 1 aliphatic carbocycles. The van der Waals surface area contributed by atoms with Gasteiger partial charge >= 0.3 is 0 Å². The van der Waals surface area contributed by atoms with Crippen LogP contribution >= 0.6 is 0 Å². The molecule has 1 aromatic heterocycles. The van der Waals surface area contributed by atoms with Gasteiger partial charge in [-0.15, -0.1) is 0 Å². The highest BCUT2D eigenvalue weighted by Gasteiger charge is 2.21. The lowest BCUT2D eigenvalue weighted by Crippen LogP contribution is -2.12. The fraction of sp³-hybridized carbons (Fsp3) is 0.700. The van der Waals surface area contributed by atoms with Gasteiger partial charge in [0.15, 0.2) is 0 Å². The number of nitrogens with two attached hydrogens (primary N) is 1. The Hall–Kier alpha value is -0.830. The number of hydrogen-bond donors (Lipinski definition) is 2. The lowest BCUT2D eigenvalue weighted by molar-refractivity contribution is 0.411. The Bertz CT molecular complexity index is 256. The molecule has 1 aliphatic rings. The molecule has 1 heterocycles. The minimum Gasteiger partial charge on any atom is -0.345 e. The number of imidazole rings is 1. The summed E-state index contributed by atoms with van der Waals surface area (Å²) in [6.07, 6.45) is 5.98. The Morgan fingerprint density at radius 1 is 1.69 bits per heavy atom. The summed E-state index contributed by atoms with van der Waals surface area (Å²) in [6, 6.07) is 0. The van der Waals surface area contributed by atoms with E-state index in [-0.39, 0.29) is 0 Å². The van der Waals surface area contributed by atoms with Crippen LogP contribution in [0, 0.1) is 0 Å². The van der Waals surface area contributed by atoms with Crippen LogP contribution in [0.5, 0.6) is 0 Å². The molecule has 3 heteroatoms. The van der Waals surface area contributed by atoms with Crippen molar-refractivity contribution in [1.29, 1.82) is 0 Å². The Labute approximate surface area is 78.7 Å². The quantitative estimate of drug-likeness (QED) is 0.742. The molecule has 0 aromatic carbocycles. The molecule has 1 unspecified atom stereocenters. The van der Waals surface area contributed by atoms with Crippen molar-refractivity contribution in [1.82, 2.24) is 9.97 Å². The third kappa shape index (κ3) is 1.61. The van der Waals surface area contributed by atoms with Gasteiger partial charge in [-0.3, -0.25) is 0 Å². The van der Waals surface area contributed by atoms with Crippen molar-refractivity contribution in [2.45, 2.75) is 38.0 Å². The monoisotopic (exact) mass is 179 g/mol. The van der Waals surface area contributed by atoms with Crippen LogP contribution < -0.4 is 5.73 Å². The van der Waals surface area contributed by atoms with Gasteiger partial charge in [0.1, 0.15) is 5.82 Å². The molecule has 1 saturated carbocycles. The van der Waals surface area contributed by atoms with Gasteiger partial charge in [0, 0.05) is 30.3 Å². The molecular formula is C10H17N3. The van der Waals surface area contributed by atoms with Gasteiger partial charge in [-0.05, 0) is 12.8 Å². The molecule has 3 nitrogen and oxygen atoms in total. The summed E-state index contributed by atoms with van der Waals surface area (Å²) in [6.45, 7) is 2.76. The second-order valence-electron chi connectivity index (χ2n) is 3.99. The largest absolute Gasteiger partial charge is 0.345 e. The summed E-state index contributed by atoms with van der Waals surface area (Å²) in [5, 5.41) is 0. The van der Waals surface area contributed by atoms with Crippen LogP contribution in [-0.2, 0) is 0 Å². The summed E-state index contributed by atoms with van der Waals surface area (Å²) in [5.74, 6) is 2.14. The summed E-state index contributed by atoms with van der Waals surface area (Å²) in [7, 11) is 0. The SMILES string of the molecule is CC(CN)c1ncc(C2CCC2)[nH]1. The van der Waals surface area contributed by atoms with Crippen LogP contribution in [0.15, 0.2) is 6.20 Å². The molecule has 3 N–H and O–H groups in total.